The molecular formula is C17H30N4. The Bertz CT molecular complexity index is 460. The van der Waals surface area contributed by atoms with Gasteiger partial charge in [0.05, 0.1) is 0 Å². The molecule has 0 aromatic carbocycles. The molecule has 118 valence electrons. The summed E-state index contributed by atoms with van der Waals surface area (Å²) in [7, 11) is 0. The van der Waals surface area contributed by atoms with Crippen molar-refractivity contribution in [2.45, 2.75) is 52.6 Å². The van der Waals surface area contributed by atoms with Crippen molar-refractivity contribution in [2.75, 3.05) is 31.1 Å². The van der Waals surface area contributed by atoms with Gasteiger partial charge in [-0.2, -0.15) is 0 Å². The van der Waals surface area contributed by atoms with E-state index in [0.29, 0.717) is 6.04 Å². The topological polar surface area (TPSA) is 45.4 Å². The molecule has 0 amide bonds. The van der Waals surface area contributed by atoms with Gasteiger partial charge in [-0.15, -0.1) is 0 Å². The Morgan fingerprint density at radius 1 is 1.38 bits per heavy atom. The number of aromatic nitrogens is 1. The van der Waals surface area contributed by atoms with E-state index in [0.717, 1.165) is 44.8 Å². The Balaban J connectivity index is 2.07. The van der Waals surface area contributed by atoms with Gasteiger partial charge in [0.1, 0.15) is 5.82 Å². The summed E-state index contributed by atoms with van der Waals surface area (Å²) in [6.07, 6.45) is 3.94. The SMILES string of the molecule is CCC(N)Cc1cnc(N2CCN(CC)C(C)C2)c(C)c1. The van der Waals surface area contributed by atoms with Crippen LogP contribution < -0.4 is 10.6 Å². The molecular weight excluding hydrogens is 260 g/mol. The number of piperazine rings is 1. The Morgan fingerprint density at radius 2 is 2.14 bits per heavy atom. The number of aryl methyl sites for hydroxylation is 1. The molecule has 1 aromatic rings. The maximum atomic E-state index is 6.04. The van der Waals surface area contributed by atoms with Gasteiger partial charge in [0.2, 0.25) is 0 Å². The molecule has 0 radical (unpaired) electrons. The zero-order valence-corrected chi connectivity index (χ0v) is 14.0. The number of nitrogens with two attached hydrogens (primary N) is 1. The van der Waals surface area contributed by atoms with Crippen LogP contribution in [-0.2, 0) is 6.42 Å². The van der Waals surface area contributed by atoms with E-state index in [1.807, 2.05) is 6.20 Å². The number of hydrogen-bond donors (Lipinski definition) is 1. The van der Waals surface area contributed by atoms with E-state index < -0.39 is 0 Å². The summed E-state index contributed by atoms with van der Waals surface area (Å²) in [6, 6.07) is 3.10. The minimum atomic E-state index is 0.241. The van der Waals surface area contributed by atoms with E-state index in [2.05, 4.69) is 43.6 Å². The molecule has 2 unspecified atom stereocenters. The van der Waals surface area contributed by atoms with Gasteiger partial charge in [0.25, 0.3) is 0 Å². The molecule has 2 N–H and O–H groups in total. The highest BCUT2D eigenvalue weighted by Gasteiger charge is 2.24. The third kappa shape index (κ3) is 3.95. The molecule has 1 saturated heterocycles. The second-order valence-corrected chi connectivity index (χ2v) is 6.28. The van der Waals surface area contributed by atoms with Gasteiger partial charge in [0.15, 0.2) is 0 Å². The Kier molecular flexibility index (Phi) is 5.59. The summed E-state index contributed by atoms with van der Waals surface area (Å²) in [6.45, 7) is 13.2. The molecule has 0 saturated carbocycles. The van der Waals surface area contributed by atoms with E-state index in [4.69, 9.17) is 10.7 Å². The number of anilines is 1. The highest BCUT2D eigenvalue weighted by Crippen LogP contribution is 2.22. The van der Waals surface area contributed by atoms with Crippen molar-refractivity contribution < 1.29 is 0 Å². The third-order valence-corrected chi connectivity index (χ3v) is 4.60. The first-order valence-electron chi connectivity index (χ1n) is 8.25. The lowest BCUT2D eigenvalue weighted by Crippen LogP contribution is -2.52. The van der Waals surface area contributed by atoms with Crippen LogP contribution in [0.2, 0.25) is 0 Å². The van der Waals surface area contributed by atoms with Crippen molar-refractivity contribution in [3.8, 4) is 0 Å². The molecule has 2 rings (SSSR count). The Morgan fingerprint density at radius 3 is 2.71 bits per heavy atom. The Hall–Kier alpha value is -1.13. The molecule has 2 atom stereocenters. The van der Waals surface area contributed by atoms with Gasteiger partial charge >= 0.3 is 0 Å². The summed E-state index contributed by atoms with van der Waals surface area (Å²) in [5, 5.41) is 0. The maximum Gasteiger partial charge on any atom is 0.131 e. The fraction of sp³-hybridized carbons (Fsp3) is 0.706. The molecule has 2 heterocycles. The van der Waals surface area contributed by atoms with Crippen LogP contribution in [0.15, 0.2) is 12.3 Å². The zero-order valence-electron chi connectivity index (χ0n) is 14.0. The minimum absolute atomic E-state index is 0.241. The van der Waals surface area contributed by atoms with E-state index in [1.165, 1.54) is 11.1 Å². The smallest absolute Gasteiger partial charge is 0.131 e. The second-order valence-electron chi connectivity index (χ2n) is 6.28. The summed E-state index contributed by atoms with van der Waals surface area (Å²) in [4.78, 5) is 9.68. The second kappa shape index (κ2) is 7.23. The number of hydrogen-bond acceptors (Lipinski definition) is 4. The quantitative estimate of drug-likeness (QED) is 0.903. The lowest BCUT2D eigenvalue weighted by Gasteiger charge is -2.40. The van der Waals surface area contributed by atoms with Crippen molar-refractivity contribution in [1.82, 2.24) is 9.88 Å². The van der Waals surface area contributed by atoms with Gasteiger partial charge in [-0.3, -0.25) is 4.90 Å². The van der Waals surface area contributed by atoms with E-state index in [1.54, 1.807) is 0 Å². The third-order valence-electron chi connectivity index (χ3n) is 4.60. The van der Waals surface area contributed by atoms with Crippen molar-refractivity contribution in [2.24, 2.45) is 5.73 Å². The van der Waals surface area contributed by atoms with Crippen LogP contribution >= 0.6 is 0 Å². The minimum Gasteiger partial charge on any atom is -0.354 e. The highest BCUT2D eigenvalue weighted by atomic mass is 15.3. The molecule has 0 bridgehead atoms. The molecule has 1 aliphatic rings. The van der Waals surface area contributed by atoms with E-state index in [-0.39, 0.29) is 6.04 Å². The summed E-state index contributed by atoms with van der Waals surface area (Å²) in [5.74, 6) is 1.14. The normalized spacial score (nSPS) is 21.6. The summed E-state index contributed by atoms with van der Waals surface area (Å²) >= 11 is 0. The summed E-state index contributed by atoms with van der Waals surface area (Å²) in [5.41, 5.74) is 8.57. The van der Waals surface area contributed by atoms with Gasteiger partial charge in [-0.05, 0) is 44.4 Å². The first-order chi connectivity index (χ1) is 10.0. The lowest BCUT2D eigenvalue weighted by atomic mass is 10.0. The standard InChI is InChI=1S/C17H30N4/c1-5-16(18)10-15-9-13(3)17(19-11-15)21-8-7-20(6-2)14(4)12-21/h9,11,14,16H,5-8,10,12,18H2,1-4H3. The Labute approximate surface area is 129 Å². The van der Waals surface area contributed by atoms with Crippen LogP contribution in [0, 0.1) is 6.92 Å². The van der Waals surface area contributed by atoms with E-state index in [9.17, 15) is 0 Å². The van der Waals surface area contributed by atoms with Gasteiger partial charge in [-0.1, -0.05) is 19.9 Å². The number of pyridine rings is 1. The zero-order chi connectivity index (χ0) is 15.4. The number of nitrogens with zero attached hydrogens (tertiary/aromatic N) is 3. The molecule has 1 fully saturated rings. The van der Waals surface area contributed by atoms with Crippen LogP contribution in [0.3, 0.4) is 0 Å². The van der Waals surface area contributed by atoms with Gasteiger partial charge in [0, 0.05) is 37.9 Å². The summed E-state index contributed by atoms with van der Waals surface area (Å²) < 4.78 is 0. The van der Waals surface area contributed by atoms with Gasteiger partial charge in [-0.25, -0.2) is 4.98 Å². The molecule has 21 heavy (non-hydrogen) atoms. The molecule has 4 nitrogen and oxygen atoms in total. The average molecular weight is 290 g/mol. The van der Waals surface area contributed by atoms with Crippen LogP contribution in [0.25, 0.3) is 0 Å². The molecule has 1 aliphatic heterocycles. The van der Waals surface area contributed by atoms with Crippen LogP contribution in [0.4, 0.5) is 5.82 Å². The monoisotopic (exact) mass is 290 g/mol. The largest absolute Gasteiger partial charge is 0.354 e. The molecule has 4 heteroatoms. The predicted octanol–water partition coefficient (Wildman–Crippen LogP) is 2.20. The average Bonchev–Trinajstić information content (AvgIpc) is 2.47. The van der Waals surface area contributed by atoms with Crippen LogP contribution in [-0.4, -0.2) is 48.1 Å². The first-order valence-corrected chi connectivity index (χ1v) is 8.25. The lowest BCUT2D eigenvalue weighted by molar-refractivity contribution is 0.199. The highest BCUT2D eigenvalue weighted by molar-refractivity contribution is 5.48. The number of likely N-dealkylation sites (N-methyl/N-ethyl adjacent to an activating group) is 1. The van der Waals surface area contributed by atoms with Crippen molar-refractivity contribution in [3.05, 3.63) is 23.4 Å². The van der Waals surface area contributed by atoms with Crippen LogP contribution in [0.5, 0.6) is 0 Å². The molecule has 0 aliphatic carbocycles. The van der Waals surface area contributed by atoms with Gasteiger partial charge < -0.3 is 10.6 Å². The maximum absolute atomic E-state index is 6.04. The fourth-order valence-electron chi connectivity index (χ4n) is 3.17. The van der Waals surface area contributed by atoms with Crippen molar-refractivity contribution in [3.63, 3.8) is 0 Å². The molecule has 1 aromatic heterocycles. The van der Waals surface area contributed by atoms with Crippen molar-refractivity contribution in [1.29, 1.82) is 0 Å². The van der Waals surface area contributed by atoms with E-state index >= 15 is 0 Å². The fourth-order valence-corrected chi connectivity index (χ4v) is 3.17. The number of rotatable bonds is 5. The predicted molar refractivity (Wildman–Crippen MR) is 89.9 cm³/mol. The van der Waals surface area contributed by atoms with Crippen LogP contribution in [0.1, 0.15) is 38.3 Å². The molecule has 0 spiro atoms. The van der Waals surface area contributed by atoms with Crippen molar-refractivity contribution >= 4 is 5.82 Å². The first kappa shape index (κ1) is 16.2.